The molecule has 3 N–H and O–H groups in total. The number of rotatable bonds is 6. The topological polar surface area (TPSA) is 105 Å². The van der Waals surface area contributed by atoms with Crippen LogP contribution in [0, 0.1) is 13.8 Å². The number of methoxy groups -OCH3 is 1. The molecule has 0 fully saturated rings. The Balaban J connectivity index is 1.53. The van der Waals surface area contributed by atoms with Crippen molar-refractivity contribution in [2.75, 3.05) is 17.7 Å². The monoisotopic (exact) mass is 411 g/mol. The molecule has 0 saturated carbocycles. The van der Waals surface area contributed by atoms with Gasteiger partial charge in [0.25, 0.3) is 5.91 Å². The Labute approximate surface area is 172 Å². The highest BCUT2D eigenvalue weighted by Gasteiger charge is 2.14. The maximum absolute atomic E-state index is 12.3. The van der Waals surface area contributed by atoms with Crippen molar-refractivity contribution < 1.29 is 14.3 Å². The summed E-state index contributed by atoms with van der Waals surface area (Å²) in [5.41, 5.74) is 3.48. The van der Waals surface area contributed by atoms with Gasteiger partial charge in [0, 0.05) is 11.4 Å². The molecule has 0 aliphatic heterocycles. The number of aromatic nitrogens is 2. The Morgan fingerprint density at radius 3 is 2.52 bits per heavy atom. The highest BCUT2D eigenvalue weighted by Crippen LogP contribution is 2.19. The second kappa shape index (κ2) is 9.16. The molecule has 8 nitrogen and oxygen atoms in total. The fourth-order valence-corrected chi connectivity index (χ4v) is 3.16. The summed E-state index contributed by atoms with van der Waals surface area (Å²) in [6.45, 7) is 4.10. The van der Waals surface area contributed by atoms with Gasteiger partial charge in [0.05, 0.1) is 13.7 Å². The number of nitrogens with zero attached hydrogens (tertiary/aromatic N) is 2. The molecular weight excluding hydrogens is 390 g/mol. The fourth-order valence-electron chi connectivity index (χ4n) is 2.48. The Bertz CT molecular complexity index is 1020. The lowest BCUT2D eigenvalue weighted by Crippen LogP contribution is -2.28. The molecule has 0 aliphatic carbocycles. The van der Waals surface area contributed by atoms with E-state index in [-0.39, 0.29) is 23.5 Å². The lowest BCUT2D eigenvalue weighted by molar-refractivity contribution is 0.102. The number of ether oxygens (including phenoxy) is 1. The zero-order valence-corrected chi connectivity index (χ0v) is 17.1. The van der Waals surface area contributed by atoms with E-state index in [2.05, 4.69) is 26.1 Å². The molecule has 3 aromatic rings. The fraction of sp³-hybridized carbons (Fsp3) is 0.200. The molecule has 0 atom stereocenters. The van der Waals surface area contributed by atoms with Crippen LogP contribution >= 0.6 is 11.3 Å². The second-order valence-electron chi connectivity index (χ2n) is 6.24. The van der Waals surface area contributed by atoms with E-state index in [0.717, 1.165) is 28.2 Å². The van der Waals surface area contributed by atoms with E-state index in [9.17, 15) is 9.59 Å². The molecular formula is C20H21N5O3S. The SMILES string of the molecule is COc1ccc(NC(=O)c2nnc(CNC(=O)Nc3cccc(C)c3C)s2)cc1. The lowest BCUT2D eigenvalue weighted by Gasteiger charge is -2.10. The highest BCUT2D eigenvalue weighted by atomic mass is 32.1. The van der Waals surface area contributed by atoms with Gasteiger partial charge >= 0.3 is 6.03 Å². The summed E-state index contributed by atoms with van der Waals surface area (Å²) in [6.07, 6.45) is 0. The zero-order chi connectivity index (χ0) is 20.8. The van der Waals surface area contributed by atoms with Crippen molar-refractivity contribution >= 4 is 34.6 Å². The van der Waals surface area contributed by atoms with Gasteiger partial charge in [-0.05, 0) is 55.3 Å². The number of hydrogen-bond acceptors (Lipinski definition) is 6. The van der Waals surface area contributed by atoms with Crippen molar-refractivity contribution in [3.63, 3.8) is 0 Å². The largest absolute Gasteiger partial charge is 0.497 e. The van der Waals surface area contributed by atoms with E-state index < -0.39 is 0 Å². The van der Waals surface area contributed by atoms with Gasteiger partial charge in [-0.15, -0.1) is 10.2 Å². The van der Waals surface area contributed by atoms with E-state index in [1.165, 1.54) is 0 Å². The predicted molar refractivity (Wildman–Crippen MR) is 113 cm³/mol. The first-order valence-corrected chi connectivity index (χ1v) is 9.67. The van der Waals surface area contributed by atoms with Gasteiger partial charge < -0.3 is 20.7 Å². The molecule has 0 aliphatic rings. The average Bonchev–Trinajstić information content (AvgIpc) is 3.20. The molecule has 1 aromatic heterocycles. The number of hydrogen-bond donors (Lipinski definition) is 3. The van der Waals surface area contributed by atoms with Crippen LogP contribution in [-0.2, 0) is 6.54 Å². The summed E-state index contributed by atoms with van der Waals surface area (Å²) in [7, 11) is 1.58. The van der Waals surface area contributed by atoms with E-state index in [0.29, 0.717) is 16.4 Å². The highest BCUT2D eigenvalue weighted by molar-refractivity contribution is 7.13. The molecule has 150 valence electrons. The zero-order valence-electron chi connectivity index (χ0n) is 16.3. The number of nitrogens with one attached hydrogen (secondary N) is 3. The Morgan fingerprint density at radius 2 is 1.79 bits per heavy atom. The number of urea groups is 1. The first-order valence-electron chi connectivity index (χ1n) is 8.85. The van der Waals surface area contributed by atoms with E-state index in [1.807, 2.05) is 32.0 Å². The van der Waals surface area contributed by atoms with Gasteiger partial charge in [0.1, 0.15) is 10.8 Å². The van der Waals surface area contributed by atoms with E-state index in [1.54, 1.807) is 31.4 Å². The number of aryl methyl sites for hydroxylation is 1. The van der Waals surface area contributed by atoms with Gasteiger partial charge in [-0.3, -0.25) is 4.79 Å². The van der Waals surface area contributed by atoms with Crippen LogP contribution < -0.4 is 20.7 Å². The summed E-state index contributed by atoms with van der Waals surface area (Å²) in [6, 6.07) is 12.3. The molecule has 1 heterocycles. The van der Waals surface area contributed by atoms with Crippen LogP contribution in [0.1, 0.15) is 25.9 Å². The minimum Gasteiger partial charge on any atom is -0.497 e. The van der Waals surface area contributed by atoms with Crippen LogP contribution in [0.25, 0.3) is 0 Å². The summed E-state index contributed by atoms with van der Waals surface area (Å²) < 4.78 is 5.09. The van der Waals surface area contributed by atoms with Gasteiger partial charge in [0.2, 0.25) is 5.01 Å². The molecule has 3 amide bonds. The maximum atomic E-state index is 12.3. The normalized spacial score (nSPS) is 10.3. The Hall–Kier alpha value is -3.46. The molecule has 0 unspecified atom stereocenters. The Morgan fingerprint density at radius 1 is 1.03 bits per heavy atom. The number of anilines is 2. The smallest absolute Gasteiger partial charge is 0.319 e. The van der Waals surface area contributed by atoms with Crippen molar-refractivity contribution in [3.05, 3.63) is 63.6 Å². The molecule has 0 bridgehead atoms. The molecule has 3 rings (SSSR count). The van der Waals surface area contributed by atoms with Crippen molar-refractivity contribution in [1.29, 1.82) is 0 Å². The number of amides is 3. The first-order chi connectivity index (χ1) is 14.0. The van der Waals surface area contributed by atoms with Crippen LogP contribution in [0.4, 0.5) is 16.2 Å². The van der Waals surface area contributed by atoms with Crippen LogP contribution in [-0.4, -0.2) is 29.2 Å². The third kappa shape index (κ3) is 5.29. The van der Waals surface area contributed by atoms with E-state index in [4.69, 9.17) is 4.74 Å². The van der Waals surface area contributed by atoms with Gasteiger partial charge in [-0.25, -0.2) is 4.79 Å². The van der Waals surface area contributed by atoms with Crippen LogP contribution in [0.5, 0.6) is 5.75 Å². The summed E-state index contributed by atoms with van der Waals surface area (Å²) >= 11 is 1.12. The molecule has 29 heavy (non-hydrogen) atoms. The number of carbonyl (C=O) groups excluding carboxylic acids is 2. The van der Waals surface area contributed by atoms with Gasteiger partial charge in [-0.1, -0.05) is 23.5 Å². The average molecular weight is 411 g/mol. The van der Waals surface area contributed by atoms with Crippen molar-refractivity contribution in [3.8, 4) is 5.75 Å². The molecule has 2 aromatic carbocycles. The minimum absolute atomic E-state index is 0.171. The minimum atomic E-state index is -0.362. The summed E-state index contributed by atoms with van der Waals surface area (Å²) in [5.74, 6) is 0.338. The Kier molecular flexibility index (Phi) is 6.40. The van der Waals surface area contributed by atoms with Crippen LogP contribution in [0.2, 0.25) is 0 Å². The second-order valence-corrected chi connectivity index (χ2v) is 7.30. The lowest BCUT2D eigenvalue weighted by atomic mass is 10.1. The summed E-state index contributed by atoms with van der Waals surface area (Å²) in [5, 5.41) is 16.9. The number of carbonyl (C=O) groups is 2. The summed E-state index contributed by atoms with van der Waals surface area (Å²) in [4.78, 5) is 24.4. The quantitative estimate of drug-likeness (QED) is 0.573. The third-order valence-corrected chi connectivity index (χ3v) is 5.18. The standard InChI is InChI=1S/C20H21N5O3S/c1-12-5-4-6-16(13(12)2)23-20(27)21-11-17-24-25-19(29-17)18(26)22-14-7-9-15(28-3)10-8-14/h4-10H,11H2,1-3H3,(H,22,26)(H2,21,23,27). The van der Waals surface area contributed by atoms with Gasteiger partial charge in [0.15, 0.2) is 0 Å². The molecule has 0 saturated heterocycles. The van der Waals surface area contributed by atoms with Crippen molar-refractivity contribution in [2.24, 2.45) is 0 Å². The molecule has 0 radical (unpaired) electrons. The number of benzene rings is 2. The van der Waals surface area contributed by atoms with Crippen LogP contribution in [0.3, 0.4) is 0 Å². The maximum Gasteiger partial charge on any atom is 0.319 e. The van der Waals surface area contributed by atoms with E-state index >= 15 is 0 Å². The molecule has 0 spiro atoms. The van der Waals surface area contributed by atoms with Gasteiger partial charge in [-0.2, -0.15) is 0 Å². The predicted octanol–water partition coefficient (Wildman–Crippen LogP) is 3.74. The third-order valence-electron chi connectivity index (χ3n) is 4.26. The van der Waals surface area contributed by atoms with Crippen LogP contribution in [0.15, 0.2) is 42.5 Å². The first kappa shape index (κ1) is 20.3. The van der Waals surface area contributed by atoms with Crippen molar-refractivity contribution in [2.45, 2.75) is 20.4 Å². The molecule has 9 heteroatoms. The van der Waals surface area contributed by atoms with Crippen molar-refractivity contribution in [1.82, 2.24) is 15.5 Å².